The van der Waals surface area contributed by atoms with Crippen LogP contribution in [0.1, 0.15) is 28.9 Å². The predicted molar refractivity (Wildman–Crippen MR) is 175 cm³/mol. The van der Waals surface area contributed by atoms with E-state index in [2.05, 4.69) is 40.0 Å². The minimum absolute atomic E-state index is 0.00584. The van der Waals surface area contributed by atoms with Crippen molar-refractivity contribution in [3.63, 3.8) is 0 Å². The van der Waals surface area contributed by atoms with E-state index in [0.29, 0.717) is 12.2 Å². The number of halogens is 4. The molecule has 2 heterocycles. The first-order valence-electron chi connectivity index (χ1n) is 14.6. The van der Waals surface area contributed by atoms with Crippen molar-refractivity contribution in [1.82, 2.24) is 19.7 Å². The van der Waals surface area contributed by atoms with E-state index in [1.807, 2.05) is 4.72 Å². The van der Waals surface area contributed by atoms with E-state index in [1.165, 1.54) is 59.7 Å². The summed E-state index contributed by atoms with van der Waals surface area (Å²) in [4.78, 5) is 21.3. The number of primary amides is 1. The zero-order valence-electron chi connectivity index (χ0n) is 26.5. The summed E-state index contributed by atoms with van der Waals surface area (Å²) in [5.74, 6) is -3.22. The lowest BCUT2D eigenvalue weighted by Gasteiger charge is -2.19. The molecule has 0 radical (unpaired) electrons. The van der Waals surface area contributed by atoms with Crippen LogP contribution in [0.4, 0.5) is 34.9 Å². The number of benzene rings is 2. The molecule has 0 saturated carbocycles. The number of aromatic nitrogens is 4. The average Bonchev–Trinajstić information content (AvgIpc) is 3.32. The summed E-state index contributed by atoms with van der Waals surface area (Å²) in [5.41, 5.74) is 6.17. The van der Waals surface area contributed by atoms with Crippen LogP contribution in [-0.4, -0.2) is 60.7 Å². The van der Waals surface area contributed by atoms with Gasteiger partial charge in [-0.2, -0.15) is 18.3 Å². The van der Waals surface area contributed by atoms with Crippen LogP contribution in [0, 0.1) is 5.82 Å². The predicted octanol–water partition coefficient (Wildman–Crippen LogP) is 6.08. The number of hydrogen-bond donors (Lipinski definition) is 3. The van der Waals surface area contributed by atoms with Crippen LogP contribution in [0.15, 0.2) is 61.1 Å². The first kappa shape index (κ1) is 36.3. The van der Waals surface area contributed by atoms with Gasteiger partial charge in [0, 0.05) is 38.7 Å². The fourth-order valence-corrected chi connectivity index (χ4v) is 6.17. The van der Waals surface area contributed by atoms with Crippen LogP contribution in [0.3, 0.4) is 0 Å². The highest BCUT2D eigenvalue weighted by Crippen LogP contribution is 2.39. The van der Waals surface area contributed by atoms with Crippen molar-refractivity contribution < 1.29 is 40.2 Å². The summed E-state index contributed by atoms with van der Waals surface area (Å²) in [6.45, 7) is 8.50. The van der Waals surface area contributed by atoms with Gasteiger partial charge in [0.1, 0.15) is 47.3 Å². The van der Waals surface area contributed by atoms with E-state index in [1.54, 1.807) is 6.92 Å². The molecule has 2 aromatic heterocycles. The van der Waals surface area contributed by atoms with Crippen LogP contribution in [0.25, 0.3) is 11.3 Å². The quantitative estimate of drug-likeness (QED) is 0.0755. The molecule has 4 N–H and O–H groups in total. The number of nitrogens with two attached hydrogens (primary N) is 1. The molecule has 0 saturated heterocycles. The Kier molecular flexibility index (Phi) is 11.1. The van der Waals surface area contributed by atoms with Gasteiger partial charge in [-0.25, -0.2) is 22.5 Å². The number of rotatable bonds is 15. The van der Waals surface area contributed by atoms with E-state index in [0.717, 1.165) is 12.1 Å². The van der Waals surface area contributed by atoms with Crippen LogP contribution in [-0.2, 0) is 21.5 Å². The lowest BCUT2D eigenvalue weighted by molar-refractivity contribution is -0.106. The maximum absolute atomic E-state index is 13.6. The fourth-order valence-electron chi connectivity index (χ4n) is 4.42. The van der Waals surface area contributed by atoms with Crippen LogP contribution < -0.4 is 20.5 Å². The van der Waals surface area contributed by atoms with E-state index >= 15 is 0 Å². The van der Waals surface area contributed by atoms with Gasteiger partial charge in [0.15, 0.2) is 5.75 Å². The zero-order valence-corrected chi connectivity index (χ0v) is 28.3. The summed E-state index contributed by atoms with van der Waals surface area (Å²) in [7, 11) is -6.30. The summed E-state index contributed by atoms with van der Waals surface area (Å²) in [6.07, 6.45) is -1.48. The second-order valence-corrected chi connectivity index (χ2v) is 19.3. The molecule has 0 unspecified atom stereocenters. The van der Waals surface area contributed by atoms with Crippen molar-refractivity contribution in [3.05, 3.63) is 78.0 Å². The summed E-state index contributed by atoms with van der Waals surface area (Å²) in [5, 5.41) is 7.62. The van der Waals surface area contributed by atoms with Gasteiger partial charge in [0.25, 0.3) is 5.91 Å². The van der Waals surface area contributed by atoms with Crippen LogP contribution >= 0.6 is 0 Å². The molecule has 12 nitrogen and oxygen atoms in total. The number of nitrogens with one attached hydrogen (secondary N) is 2. The highest BCUT2D eigenvalue weighted by Gasteiger charge is 2.35. The van der Waals surface area contributed by atoms with Crippen molar-refractivity contribution >= 4 is 41.3 Å². The van der Waals surface area contributed by atoms with Gasteiger partial charge in [-0.15, -0.1) is 0 Å². The third-order valence-electron chi connectivity index (χ3n) is 6.73. The van der Waals surface area contributed by atoms with Gasteiger partial charge >= 0.3 is 6.18 Å². The second kappa shape index (κ2) is 14.7. The lowest BCUT2D eigenvalue weighted by atomic mass is 10.0. The van der Waals surface area contributed by atoms with Crippen molar-refractivity contribution in [2.45, 2.75) is 51.6 Å². The number of sulfonamides is 1. The molecular formula is C30H35F4N7O5SSi. The Morgan fingerprint density at radius 3 is 2.42 bits per heavy atom. The second-order valence-electron chi connectivity index (χ2n) is 12.0. The first-order valence-corrected chi connectivity index (χ1v) is 19.9. The Labute approximate surface area is 275 Å². The number of nitrogens with zero attached hydrogens (tertiary/aromatic N) is 4. The maximum Gasteiger partial charge on any atom is 0.404 e. The van der Waals surface area contributed by atoms with Gasteiger partial charge in [0.05, 0.1) is 11.9 Å². The molecular weight excluding hydrogens is 675 g/mol. The van der Waals surface area contributed by atoms with Gasteiger partial charge < -0.3 is 20.5 Å². The maximum atomic E-state index is 13.6. The zero-order chi connectivity index (χ0) is 35.3. The molecule has 1 amide bonds. The minimum Gasteiger partial charge on any atom is -0.485 e. The van der Waals surface area contributed by atoms with Crippen LogP contribution in [0.2, 0.25) is 25.7 Å². The monoisotopic (exact) mass is 709 g/mol. The number of amides is 1. The SMILES string of the molecule is C[C@@H](Oc1cc(NS(=O)(=O)CC(F)(F)F)ccc1-c1nn(COCC[Si](C)(C)C)c(Nc2cnccn2)c1C(N)=O)c1ccc(F)cc1. The van der Waals surface area contributed by atoms with E-state index < -0.39 is 47.9 Å². The number of ether oxygens (including phenoxy) is 2. The largest absolute Gasteiger partial charge is 0.485 e. The summed E-state index contributed by atoms with van der Waals surface area (Å²) in [6, 6.07) is 9.92. The number of anilines is 3. The van der Waals surface area contributed by atoms with E-state index in [-0.39, 0.29) is 46.6 Å². The molecule has 0 aliphatic rings. The minimum atomic E-state index is -4.99. The molecule has 0 aliphatic carbocycles. The molecule has 48 heavy (non-hydrogen) atoms. The molecule has 0 aliphatic heterocycles. The fraction of sp³-hybridized carbons (Fsp3) is 0.333. The molecule has 258 valence electrons. The van der Waals surface area contributed by atoms with Gasteiger partial charge in [-0.05, 0) is 42.8 Å². The van der Waals surface area contributed by atoms with Gasteiger partial charge in [-0.1, -0.05) is 31.8 Å². The van der Waals surface area contributed by atoms with Crippen molar-refractivity contribution in [2.24, 2.45) is 5.73 Å². The Morgan fingerprint density at radius 2 is 1.81 bits per heavy atom. The number of alkyl halides is 3. The third-order valence-corrected chi connectivity index (χ3v) is 9.68. The molecule has 0 spiro atoms. The van der Waals surface area contributed by atoms with E-state index in [4.69, 9.17) is 15.2 Å². The molecule has 2 aromatic carbocycles. The van der Waals surface area contributed by atoms with Crippen molar-refractivity contribution in [3.8, 4) is 17.0 Å². The van der Waals surface area contributed by atoms with Crippen LogP contribution in [0.5, 0.6) is 5.75 Å². The first-order chi connectivity index (χ1) is 22.4. The highest BCUT2D eigenvalue weighted by molar-refractivity contribution is 7.92. The average molecular weight is 710 g/mol. The summed E-state index contributed by atoms with van der Waals surface area (Å²) >= 11 is 0. The third kappa shape index (κ3) is 10.2. The standard InChI is InChI=1S/C30H35F4N7O5SSi/c1-19(20-5-7-21(31)8-6-20)46-24-15-22(40-47(43,44)17-30(32,33)34)9-10-23(24)27-26(28(35)42)29(38-25-16-36-11-12-37-25)41(39-27)18-45-13-14-48(2,3)4/h5-12,15-16,19,40H,13-14,17-18H2,1-4H3,(H2,35,42)(H,37,38)/t19-/m1/s1. The van der Waals surface area contributed by atoms with Gasteiger partial charge in [-0.3, -0.25) is 14.5 Å². The Morgan fingerprint density at radius 1 is 1.10 bits per heavy atom. The molecule has 0 fully saturated rings. The van der Waals surface area contributed by atoms with E-state index in [9.17, 15) is 30.8 Å². The molecule has 4 rings (SSSR count). The smallest absolute Gasteiger partial charge is 0.404 e. The molecule has 18 heteroatoms. The molecule has 4 aromatic rings. The summed E-state index contributed by atoms with van der Waals surface area (Å²) < 4.78 is 92.4. The Balaban J connectivity index is 1.84. The number of carbonyl (C=O) groups excluding carboxylic acids is 1. The van der Waals surface area contributed by atoms with Crippen molar-refractivity contribution in [1.29, 1.82) is 0 Å². The van der Waals surface area contributed by atoms with Gasteiger partial charge in [0.2, 0.25) is 10.0 Å². The van der Waals surface area contributed by atoms with Crippen molar-refractivity contribution in [2.75, 3.05) is 22.4 Å². The number of carbonyl (C=O) groups is 1. The normalized spacial score (nSPS) is 12.8. The Hall–Kier alpha value is -4.55. The Bertz CT molecular complexity index is 1840. The number of hydrogen-bond acceptors (Lipinski definition) is 9. The lowest BCUT2D eigenvalue weighted by Crippen LogP contribution is -2.27. The molecule has 1 atom stereocenters. The topological polar surface area (TPSA) is 163 Å². The highest BCUT2D eigenvalue weighted by atomic mass is 32.2. The molecule has 0 bridgehead atoms.